The zero-order valence-corrected chi connectivity index (χ0v) is 13.1. The minimum absolute atomic E-state index is 0.266. The lowest BCUT2D eigenvalue weighted by Gasteiger charge is -2.36. The maximum absolute atomic E-state index is 13.1. The van der Waals surface area contributed by atoms with Gasteiger partial charge in [0.15, 0.2) is 0 Å². The van der Waals surface area contributed by atoms with Gasteiger partial charge in [0.05, 0.1) is 13.2 Å². The zero-order chi connectivity index (χ0) is 15.9. The van der Waals surface area contributed by atoms with E-state index in [0.29, 0.717) is 18.2 Å². The highest BCUT2D eigenvalue weighted by Crippen LogP contribution is 2.13. The summed E-state index contributed by atoms with van der Waals surface area (Å²) in [6, 6.07) is 5.81. The third kappa shape index (κ3) is 4.96. The topological polar surface area (TPSA) is 53.6 Å². The standard InChI is InChI=1S/C16H24FN3O2/c1-12(2)15(20-6-8-22-9-7-20)11-18-16(21)19-14-5-3-4-13(17)10-14/h3-5,10,12,15H,6-9,11H2,1-2H3,(H2,18,19,21). The third-order valence-electron chi connectivity index (χ3n) is 3.84. The molecular weight excluding hydrogens is 285 g/mol. The molecule has 2 rings (SSSR count). The van der Waals surface area contributed by atoms with E-state index in [9.17, 15) is 9.18 Å². The number of benzene rings is 1. The fourth-order valence-corrected chi connectivity index (χ4v) is 2.63. The molecule has 1 fully saturated rings. The molecule has 1 aliphatic heterocycles. The highest BCUT2D eigenvalue weighted by Gasteiger charge is 2.24. The number of halogens is 1. The summed E-state index contributed by atoms with van der Waals surface area (Å²) in [5.41, 5.74) is 0.449. The van der Waals surface area contributed by atoms with E-state index in [1.165, 1.54) is 12.1 Å². The molecule has 0 aromatic heterocycles. The van der Waals surface area contributed by atoms with E-state index in [4.69, 9.17) is 4.74 Å². The number of anilines is 1. The summed E-state index contributed by atoms with van der Waals surface area (Å²) in [4.78, 5) is 14.3. The van der Waals surface area contributed by atoms with Crippen molar-refractivity contribution in [3.63, 3.8) is 0 Å². The first kappa shape index (κ1) is 16.7. The van der Waals surface area contributed by atoms with Crippen LogP contribution in [0.3, 0.4) is 0 Å². The smallest absolute Gasteiger partial charge is 0.319 e. The molecule has 1 atom stereocenters. The first-order chi connectivity index (χ1) is 10.6. The van der Waals surface area contributed by atoms with Crippen molar-refractivity contribution in [1.29, 1.82) is 0 Å². The Morgan fingerprint density at radius 3 is 2.73 bits per heavy atom. The Labute approximate surface area is 130 Å². The molecule has 0 spiro atoms. The van der Waals surface area contributed by atoms with Gasteiger partial charge in [0, 0.05) is 31.4 Å². The monoisotopic (exact) mass is 309 g/mol. The number of nitrogens with one attached hydrogen (secondary N) is 2. The number of carbonyl (C=O) groups is 1. The summed E-state index contributed by atoms with van der Waals surface area (Å²) in [6.45, 7) is 8.08. The van der Waals surface area contributed by atoms with Crippen LogP contribution in [0.1, 0.15) is 13.8 Å². The number of morpholine rings is 1. The summed E-state index contributed by atoms with van der Waals surface area (Å²) in [5, 5.41) is 5.52. The van der Waals surface area contributed by atoms with Crippen LogP contribution in [0.25, 0.3) is 0 Å². The fraction of sp³-hybridized carbons (Fsp3) is 0.562. The quantitative estimate of drug-likeness (QED) is 0.877. The second-order valence-electron chi connectivity index (χ2n) is 5.81. The van der Waals surface area contributed by atoms with Gasteiger partial charge >= 0.3 is 6.03 Å². The first-order valence-electron chi connectivity index (χ1n) is 7.68. The Balaban J connectivity index is 1.84. The Bertz CT molecular complexity index is 490. The van der Waals surface area contributed by atoms with Crippen LogP contribution in [0, 0.1) is 11.7 Å². The summed E-state index contributed by atoms with van der Waals surface area (Å²) < 4.78 is 18.5. The lowest BCUT2D eigenvalue weighted by molar-refractivity contribution is 0.00728. The van der Waals surface area contributed by atoms with Gasteiger partial charge < -0.3 is 15.4 Å². The van der Waals surface area contributed by atoms with Gasteiger partial charge in [-0.2, -0.15) is 0 Å². The van der Waals surface area contributed by atoms with E-state index in [0.717, 1.165) is 26.3 Å². The first-order valence-corrected chi connectivity index (χ1v) is 7.68. The maximum Gasteiger partial charge on any atom is 0.319 e. The number of rotatable bonds is 5. The summed E-state index contributed by atoms with van der Waals surface area (Å²) in [6.07, 6.45) is 0. The molecule has 0 aliphatic carbocycles. The molecule has 1 unspecified atom stereocenters. The Kier molecular flexibility index (Phi) is 6.15. The van der Waals surface area contributed by atoms with Crippen LogP contribution in [-0.2, 0) is 4.74 Å². The van der Waals surface area contributed by atoms with Gasteiger partial charge in [0.2, 0.25) is 0 Å². The Morgan fingerprint density at radius 1 is 1.36 bits per heavy atom. The van der Waals surface area contributed by atoms with Crippen molar-refractivity contribution in [2.75, 3.05) is 38.2 Å². The molecule has 1 heterocycles. The molecule has 5 nitrogen and oxygen atoms in total. The predicted molar refractivity (Wildman–Crippen MR) is 84.4 cm³/mol. The molecule has 0 bridgehead atoms. The molecular formula is C16H24FN3O2. The molecule has 1 saturated heterocycles. The van der Waals surface area contributed by atoms with Crippen LogP contribution >= 0.6 is 0 Å². The number of nitrogens with zero attached hydrogens (tertiary/aromatic N) is 1. The Hall–Kier alpha value is -1.66. The van der Waals surface area contributed by atoms with E-state index >= 15 is 0 Å². The normalized spacial score (nSPS) is 17.3. The van der Waals surface area contributed by atoms with Crippen LogP contribution < -0.4 is 10.6 Å². The van der Waals surface area contributed by atoms with Crippen molar-refractivity contribution < 1.29 is 13.9 Å². The van der Waals surface area contributed by atoms with Gasteiger partial charge in [-0.1, -0.05) is 19.9 Å². The molecule has 1 aromatic rings. The minimum atomic E-state index is -0.369. The fourth-order valence-electron chi connectivity index (χ4n) is 2.63. The van der Waals surface area contributed by atoms with E-state index in [2.05, 4.69) is 29.4 Å². The number of urea groups is 1. The number of ether oxygens (including phenoxy) is 1. The van der Waals surface area contributed by atoms with E-state index in [1.807, 2.05) is 0 Å². The molecule has 0 saturated carbocycles. The number of carbonyl (C=O) groups excluding carboxylic acids is 1. The van der Waals surface area contributed by atoms with Crippen molar-refractivity contribution in [2.24, 2.45) is 5.92 Å². The van der Waals surface area contributed by atoms with Crippen LogP contribution in [-0.4, -0.2) is 49.8 Å². The minimum Gasteiger partial charge on any atom is -0.379 e. The summed E-state index contributed by atoms with van der Waals surface area (Å²) in [5.74, 6) is 0.0544. The van der Waals surface area contributed by atoms with Gasteiger partial charge in [-0.3, -0.25) is 4.90 Å². The molecule has 0 radical (unpaired) electrons. The molecule has 22 heavy (non-hydrogen) atoms. The largest absolute Gasteiger partial charge is 0.379 e. The van der Waals surface area contributed by atoms with E-state index < -0.39 is 0 Å². The Morgan fingerprint density at radius 2 is 2.09 bits per heavy atom. The number of hydrogen-bond acceptors (Lipinski definition) is 3. The molecule has 2 N–H and O–H groups in total. The van der Waals surface area contributed by atoms with Crippen molar-refractivity contribution in [3.8, 4) is 0 Å². The average Bonchev–Trinajstić information content (AvgIpc) is 2.48. The second kappa shape index (κ2) is 8.10. The van der Waals surface area contributed by atoms with Crippen LogP contribution in [0.15, 0.2) is 24.3 Å². The molecule has 122 valence electrons. The number of hydrogen-bond donors (Lipinski definition) is 2. The lowest BCUT2D eigenvalue weighted by atomic mass is 10.0. The van der Waals surface area contributed by atoms with Gasteiger partial charge in [-0.15, -0.1) is 0 Å². The van der Waals surface area contributed by atoms with Crippen molar-refractivity contribution in [3.05, 3.63) is 30.1 Å². The van der Waals surface area contributed by atoms with Crippen LogP contribution in [0.2, 0.25) is 0 Å². The van der Waals surface area contributed by atoms with Crippen LogP contribution in [0.4, 0.5) is 14.9 Å². The molecule has 1 aliphatic rings. The highest BCUT2D eigenvalue weighted by molar-refractivity contribution is 5.89. The van der Waals surface area contributed by atoms with Crippen molar-refractivity contribution >= 4 is 11.7 Å². The van der Waals surface area contributed by atoms with Crippen molar-refractivity contribution in [2.45, 2.75) is 19.9 Å². The maximum atomic E-state index is 13.1. The van der Waals surface area contributed by atoms with Gasteiger partial charge in [0.25, 0.3) is 0 Å². The van der Waals surface area contributed by atoms with Gasteiger partial charge in [0.1, 0.15) is 5.82 Å². The lowest BCUT2D eigenvalue weighted by Crippen LogP contribution is -2.51. The number of amides is 2. The predicted octanol–water partition coefficient (Wildman–Crippen LogP) is 2.30. The van der Waals surface area contributed by atoms with E-state index in [-0.39, 0.29) is 17.9 Å². The molecule has 1 aromatic carbocycles. The molecule has 2 amide bonds. The van der Waals surface area contributed by atoms with E-state index in [1.54, 1.807) is 12.1 Å². The zero-order valence-electron chi connectivity index (χ0n) is 13.1. The van der Waals surface area contributed by atoms with Gasteiger partial charge in [-0.05, 0) is 24.1 Å². The second-order valence-corrected chi connectivity index (χ2v) is 5.81. The summed E-state index contributed by atoms with van der Waals surface area (Å²) in [7, 11) is 0. The summed E-state index contributed by atoms with van der Waals surface area (Å²) >= 11 is 0. The van der Waals surface area contributed by atoms with Gasteiger partial charge in [-0.25, -0.2) is 9.18 Å². The molecule has 6 heteroatoms. The highest BCUT2D eigenvalue weighted by atomic mass is 19.1. The van der Waals surface area contributed by atoms with Crippen molar-refractivity contribution in [1.82, 2.24) is 10.2 Å². The third-order valence-corrected chi connectivity index (χ3v) is 3.84. The SMILES string of the molecule is CC(C)C(CNC(=O)Nc1cccc(F)c1)N1CCOCC1. The average molecular weight is 309 g/mol. The van der Waals surface area contributed by atoms with Crippen LogP contribution in [0.5, 0.6) is 0 Å².